The van der Waals surface area contributed by atoms with Crippen LogP contribution >= 0.6 is 11.6 Å². The number of hydrogen-bond donors (Lipinski definition) is 2. The van der Waals surface area contributed by atoms with Crippen molar-refractivity contribution in [3.05, 3.63) is 58.1 Å². The summed E-state index contributed by atoms with van der Waals surface area (Å²) in [6, 6.07) is 12.0. The molecule has 0 atom stereocenters. The molecule has 0 aliphatic carbocycles. The van der Waals surface area contributed by atoms with E-state index in [2.05, 4.69) is 5.32 Å². The average Bonchev–Trinajstić information content (AvgIpc) is 2.66. The molecule has 0 aromatic heterocycles. The highest BCUT2D eigenvalue weighted by Gasteiger charge is 2.15. The fraction of sp³-hybridized carbons (Fsp3) is 0.150. The fourth-order valence-electron chi connectivity index (χ4n) is 2.32. The van der Waals surface area contributed by atoms with Gasteiger partial charge in [-0.15, -0.1) is 0 Å². The number of rotatable bonds is 7. The minimum Gasteiger partial charge on any atom is -0.493 e. The minimum absolute atomic E-state index is 0.0617. The zero-order chi connectivity index (χ0) is 20.7. The van der Waals surface area contributed by atoms with Crippen LogP contribution in [-0.2, 0) is 9.59 Å². The lowest BCUT2D eigenvalue weighted by molar-refractivity contribution is -0.139. The highest BCUT2D eigenvalue weighted by molar-refractivity contribution is 6.32. The summed E-state index contributed by atoms with van der Waals surface area (Å²) in [6.07, 6.45) is 1.35. The first-order valence-corrected chi connectivity index (χ1v) is 8.44. The molecule has 1 amide bonds. The number of halogens is 1. The predicted octanol–water partition coefficient (Wildman–Crippen LogP) is 3.67. The topological polar surface area (TPSA) is 109 Å². The lowest BCUT2D eigenvalue weighted by Gasteiger charge is -2.12. The number of para-hydroxylation sites is 1. The standard InChI is InChI=1S/C20H17ClN2O5/c1-12-5-3-4-6-16(12)23-20(26)14(10-22)7-13-8-15(21)19(17(9-13)27-2)28-11-18(24)25/h3-9H,11H2,1-2H3,(H,23,26)(H,24,25)/b14-7-. The molecular weight excluding hydrogens is 384 g/mol. The van der Waals surface area contributed by atoms with Crippen molar-refractivity contribution in [2.75, 3.05) is 19.0 Å². The number of amides is 1. The van der Waals surface area contributed by atoms with Crippen molar-refractivity contribution in [3.8, 4) is 17.6 Å². The first kappa shape index (κ1) is 20.8. The molecule has 0 aliphatic heterocycles. The maximum Gasteiger partial charge on any atom is 0.341 e. The molecule has 2 rings (SSSR count). The lowest BCUT2D eigenvalue weighted by Crippen LogP contribution is -2.14. The van der Waals surface area contributed by atoms with Gasteiger partial charge in [-0.25, -0.2) is 4.79 Å². The molecule has 0 aliphatic rings. The van der Waals surface area contributed by atoms with E-state index in [0.717, 1.165) is 5.56 Å². The molecule has 0 saturated heterocycles. The third-order valence-electron chi connectivity index (χ3n) is 3.66. The number of hydrogen-bond acceptors (Lipinski definition) is 5. The summed E-state index contributed by atoms with van der Waals surface area (Å²) >= 11 is 6.14. The summed E-state index contributed by atoms with van der Waals surface area (Å²) in [6.45, 7) is 1.25. The van der Waals surface area contributed by atoms with Gasteiger partial charge in [-0.3, -0.25) is 4.79 Å². The number of ether oxygens (including phenoxy) is 2. The molecule has 0 bridgehead atoms. The van der Waals surface area contributed by atoms with E-state index < -0.39 is 18.5 Å². The largest absolute Gasteiger partial charge is 0.493 e. The average molecular weight is 401 g/mol. The van der Waals surface area contributed by atoms with Crippen molar-refractivity contribution in [2.24, 2.45) is 0 Å². The maximum atomic E-state index is 12.4. The number of aryl methyl sites for hydroxylation is 1. The number of carbonyl (C=O) groups excluding carboxylic acids is 1. The van der Waals surface area contributed by atoms with Crippen molar-refractivity contribution >= 4 is 35.2 Å². The van der Waals surface area contributed by atoms with E-state index in [0.29, 0.717) is 11.3 Å². The number of aliphatic carboxylic acids is 1. The number of nitrogens with one attached hydrogen (secondary N) is 1. The summed E-state index contributed by atoms with van der Waals surface area (Å²) < 4.78 is 10.3. The fourth-order valence-corrected chi connectivity index (χ4v) is 2.59. The Morgan fingerprint density at radius 2 is 2.04 bits per heavy atom. The molecule has 8 heteroatoms. The van der Waals surface area contributed by atoms with Crippen LogP contribution in [-0.4, -0.2) is 30.7 Å². The molecule has 2 aromatic rings. The molecule has 28 heavy (non-hydrogen) atoms. The third-order valence-corrected chi connectivity index (χ3v) is 3.94. The summed E-state index contributed by atoms with van der Waals surface area (Å²) in [7, 11) is 1.36. The van der Waals surface area contributed by atoms with Gasteiger partial charge in [0.15, 0.2) is 18.1 Å². The van der Waals surface area contributed by atoms with Crippen molar-refractivity contribution in [1.82, 2.24) is 0 Å². The van der Waals surface area contributed by atoms with Crippen molar-refractivity contribution in [1.29, 1.82) is 5.26 Å². The van der Waals surface area contributed by atoms with Crippen LogP contribution in [0.4, 0.5) is 5.69 Å². The zero-order valence-corrected chi connectivity index (χ0v) is 15.9. The first-order valence-electron chi connectivity index (χ1n) is 8.06. The molecule has 0 radical (unpaired) electrons. The highest BCUT2D eigenvalue weighted by Crippen LogP contribution is 2.37. The van der Waals surface area contributed by atoms with Gasteiger partial charge in [0.05, 0.1) is 12.1 Å². The normalized spacial score (nSPS) is 10.7. The number of carboxylic acid groups (broad SMARTS) is 1. The number of benzene rings is 2. The van der Waals surface area contributed by atoms with E-state index >= 15 is 0 Å². The van der Waals surface area contributed by atoms with Crippen LogP contribution in [0.3, 0.4) is 0 Å². The van der Waals surface area contributed by atoms with Crippen LogP contribution in [0.25, 0.3) is 6.08 Å². The molecule has 0 saturated carbocycles. The van der Waals surface area contributed by atoms with Gasteiger partial charge in [-0.1, -0.05) is 29.8 Å². The molecule has 0 fully saturated rings. The van der Waals surface area contributed by atoms with Crippen LogP contribution in [0.2, 0.25) is 5.02 Å². The van der Waals surface area contributed by atoms with Gasteiger partial charge >= 0.3 is 5.97 Å². The molecule has 2 N–H and O–H groups in total. The molecule has 7 nitrogen and oxygen atoms in total. The van der Waals surface area contributed by atoms with Gasteiger partial charge in [0.2, 0.25) is 0 Å². The van der Waals surface area contributed by atoms with Crippen molar-refractivity contribution in [2.45, 2.75) is 6.92 Å². The Balaban J connectivity index is 2.32. The lowest BCUT2D eigenvalue weighted by atomic mass is 10.1. The molecule has 2 aromatic carbocycles. The number of nitrogens with zero attached hydrogens (tertiary/aromatic N) is 1. The Hall–Kier alpha value is -3.50. The predicted molar refractivity (Wildman–Crippen MR) is 105 cm³/mol. The molecule has 0 spiro atoms. The molecule has 0 heterocycles. The summed E-state index contributed by atoms with van der Waals surface area (Å²) in [4.78, 5) is 23.1. The second-order valence-corrected chi connectivity index (χ2v) is 6.06. The van der Waals surface area contributed by atoms with E-state index in [9.17, 15) is 14.9 Å². The van der Waals surface area contributed by atoms with Gasteiger partial charge in [0, 0.05) is 5.69 Å². The van der Waals surface area contributed by atoms with E-state index in [1.54, 1.807) is 12.1 Å². The van der Waals surface area contributed by atoms with E-state index in [4.69, 9.17) is 26.2 Å². The minimum atomic E-state index is -1.17. The van der Waals surface area contributed by atoms with Crippen molar-refractivity contribution < 1.29 is 24.2 Å². The van der Waals surface area contributed by atoms with E-state index in [1.807, 2.05) is 25.1 Å². The molecular formula is C20H17ClN2O5. The Kier molecular flexibility index (Phi) is 7.02. The molecule has 0 unspecified atom stereocenters. The van der Waals surface area contributed by atoms with Gasteiger partial charge < -0.3 is 19.9 Å². The number of methoxy groups -OCH3 is 1. The monoisotopic (exact) mass is 400 g/mol. The summed E-state index contributed by atoms with van der Waals surface area (Å²) in [5, 5.41) is 20.9. The van der Waals surface area contributed by atoms with Gasteiger partial charge in [0.1, 0.15) is 11.6 Å². The van der Waals surface area contributed by atoms with Crippen LogP contribution in [0.1, 0.15) is 11.1 Å². The summed E-state index contributed by atoms with van der Waals surface area (Å²) in [5.41, 5.74) is 1.74. The van der Waals surface area contributed by atoms with Crippen LogP contribution in [0, 0.1) is 18.3 Å². The van der Waals surface area contributed by atoms with Gasteiger partial charge in [0.25, 0.3) is 5.91 Å². The van der Waals surface area contributed by atoms with E-state index in [1.165, 1.54) is 25.3 Å². The Morgan fingerprint density at radius 3 is 2.64 bits per heavy atom. The zero-order valence-electron chi connectivity index (χ0n) is 15.2. The van der Waals surface area contributed by atoms with Crippen LogP contribution in [0.5, 0.6) is 11.5 Å². The molecule has 144 valence electrons. The third kappa shape index (κ3) is 5.25. The van der Waals surface area contributed by atoms with E-state index in [-0.39, 0.29) is 22.1 Å². The number of nitriles is 1. The number of anilines is 1. The Bertz CT molecular complexity index is 979. The van der Waals surface area contributed by atoms with Gasteiger partial charge in [-0.2, -0.15) is 5.26 Å². The second-order valence-electron chi connectivity index (χ2n) is 5.66. The first-order chi connectivity index (χ1) is 13.3. The second kappa shape index (κ2) is 9.44. The quantitative estimate of drug-likeness (QED) is 0.542. The SMILES string of the molecule is COc1cc(/C=C(/C#N)C(=O)Nc2ccccc2C)cc(Cl)c1OCC(=O)O. The van der Waals surface area contributed by atoms with Gasteiger partial charge in [-0.05, 0) is 42.3 Å². The summed E-state index contributed by atoms with van der Waals surface area (Å²) in [5.74, 6) is -1.50. The maximum absolute atomic E-state index is 12.4. The van der Waals surface area contributed by atoms with Crippen molar-refractivity contribution in [3.63, 3.8) is 0 Å². The Morgan fingerprint density at radius 1 is 1.32 bits per heavy atom. The smallest absolute Gasteiger partial charge is 0.341 e. The highest BCUT2D eigenvalue weighted by atomic mass is 35.5. The van der Waals surface area contributed by atoms with Crippen LogP contribution in [0.15, 0.2) is 42.0 Å². The van der Waals surface area contributed by atoms with Crippen LogP contribution < -0.4 is 14.8 Å². The number of carboxylic acids is 1. The number of carbonyl (C=O) groups is 2. The Labute approximate surface area is 166 Å².